The predicted molar refractivity (Wildman–Crippen MR) is 104 cm³/mol. The van der Waals surface area contributed by atoms with Gasteiger partial charge in [-0.2, -0.15) is 0 Å². The molecule has 5 heteroatoms. The topological polar surface area (TPSA) is 67.4 Å². The largest absolute Gasteiger partial charge is 0.412 e. The third-order valence-electron chi connectivity index (χ3n) is 5.13. The Hall–Kier alpha value is -2.30. The Morgan fingerprint density at radius 3 is 2.50 bits per heavy atom. The van der Waals surface area contributed by atoms with Crippen LogP contribution in [0.2, 0.25) is 0 Å². The molecule has 0 aliphatic heterocycles. The maximum atomic E-state index is 12.4. The summed E-state index contributed by atoms with van der Waals surface area (Å²) in [5.74, 6) is 1.21. The normalized spacial score (nSPS) is 22.8. The van der Waals surface area contributed by atoms with Gasteiger partial charge in [-0.3, -0.25) is 4.79 Å². The summed E-state index contributed by atoms with van der Waals surface area (Å²) in [6.07, 6.45) is 8.36. The maximum Gasteiger partial charge on any atom is 0.412 e. The van der Waals surface area contributed by atoms with Gasteiger partial charge in [-0.05, 0) is 49.8 Å². The highest BCUT2D eigenvalue weighted by molar-refractivity contribution is 5.99. The molecule has 2 unspecified atom stereocenters. The van der Waals surface area contributed by atoms with E-state index in [-0.39, 0.29) is 11.9 Å². The highest BCUT2D eigenvalue weighted by Gasteiger charge is 2.32. The van der Waals surface area contributed by atoms with Crippen LogP contribution in [0.3, 0.4) is 0 Å². The minimum Gasteiger partial charge on any atom is -0.410 e. The van der Waals surface area contributed by atoms with Crippen molar-refractivity contribution in [3.05, 3.63) is 36.4 Å². The molecule has 142 valence electrons. The molecule has 1 aromatic rings. The van der Waals surface area contributed by atoms with Crippen LogP contribution < -0.4 is 15.4 Å². The minimum absolute atomic E-state index is 0.170. The second-order valence-corrected chi connectivity index (χ2v) is 6.84. The molecule has 1 aliphatic rings. The van der Waals surface area contributed by atoms with Crippen molar-refractivity contribution in [1.82, 2.24) is 5.32 Å². The Labute approximate surface area is 156 Å². The fraction of sp³-hybridized carbons (Fsp3) is 0.524. The summed E-state index contributed by atoms with van der Waals surface area (Å²) in [5, 5.41) is 5.82. The summed E-state index contributed by atoms with van der Waals surface area (Å²) < 4.78 is 5.47. The standard InChI is InChI=1S/C21H30N2O3/c1-4-9-19(24)22-17-12-8-13-18(14-17)26-21(25)23-20-15(5-2)10-7-11-16(20)6-3/h4,8-9,12-16,20H,5-7,10-11H2,1-3H3,(H,22,24)(H,23,25). The summed E-state index contributed by atoms with van der Waals surface area (Å²) in [5.41, 5.74) is 0.592. The third kappa shape index (κ3) is 5.61. The molecule has 2 atom stereocenters. The lowest BCUT2D eigenvalue weighted by Crippen LogP contribution is -2.48. The Kier molecular flexibility index (Phi) is 7.70. The van der Waals surface area contributed by atoms with E-state index in [2.05, 4.69) is 24.5 Å². The van der Waals surface area contributed by atoms with Gasteiger partial charge in [0.05, 0.1) is 0 Å². The number of amides is 2. The van der Waals surface area contributed by atoms with Crippen molar-refractivity contribution in [1.29, 1.82) is 0 Å². The molecule has 0 spiro atoms. The highest BCUT2D eigenvalue weighted by Crippen LogP contribution is 2.33. The molecule has 2 N–H and O–H groups in total. The predicted octanol–water partition coefficient (Wildman–Crippen LogP) is 4.89. The second kappa shape index (κ2) is 10.00. The SMILES string of the molecule is CC=CC(=O)Nc1cccc(OC(=O)NC2C(CC)CCCC2CC)c1. The van der Waals surface area contributed by atoms with Crippen molar-refractivity contribution in [2.45, 2.75) is 58.9 Å². The van der Waals surface area contributed by atoms with Crippen LogP contribution in [0.15, 0.2) is 36.4 Å². The van der Waals surface area contributed by atoms with Crippen LogP contribution in [0.1, 0.15) is 52.9 Å². The summed E-state index contributed by atoms with van der Waals surface area (Å²) >= 11 is 0. The average Bonchev–Trinajstić information content (AvgIpc) is 2.62. The molecule has 2 amide bonds. The van der Waals surface area contributed by atoms with Gasteiger partial charge in [0.15, 0.2) is 0 Å². The molecule has 0 heterocycles. The molecular formula is C21H30N2O3. The monoisotopic (exact) mass is 358 g/mol. The Bertz CT molecular complexity index is 630. The van der Waals surface area contributed by atoms with E-state index in [4.69, 9.17) is 4.74 Å². The van der Waals surface area contributed by atoms with Crippen molar-refractivity contribution < 1.29 is 14.3 Å². The number of ether oxygens (including phenoxy) is 1. The molecule has 1 aromatic carbocycles. The van der Waals surface area contributed by atoms with Gasteiger partial charge in [-0.25, -0.2) is 4.79 Å². The molecule has 0 bridgehead atoms. The number of anilines is 1. The molecule has 2 rings (SSSR count). The van der Waals surface area contributed by atoms with Gasteiger partial charge in [-0.1, -0.05) is 45.3 Å². The van der Waals surface area contributed by atoms with E-state index in [1.165, 1.54) is 12.5 Å². The average molecular weight is 358 g/mol. The van der Waals surface area contributed by atoms with Crippen LogP contribution in [-0.4, -0.2) is 18.0 Å². The number of allylic oxidation sites excluding steroid dienone is 1. The number of hydrogen-bond donors (Lipinski definition) is 2. The first-order chi connectivity index (χ1) is 12.6. The summed E-state index contributed by atoms with van der Waals surface area (Å²) in [4.78, 5) is 24.0. The lowest BCUT2D eigenvalue weighted by atomic mass is 9.74. The first-order valence-electron chi connectivity index (χ1n) is 9.59. The van der Waals surface area contributed by atoms with E-state index in [1.54, 1.807) is 37.3 Å². The smallest absolute Gasteiger partial charge is 0.410 e. The number of hydrogen-bond acceptors (Lipinski definition) is 3. The van der Waals surface area contributed by atoms with Crippen LogP contribution in [0.5, 0.6) is 5.75 Å². The Balaban J connectivity index is 1.99. The van der Waals surface area contributed by atoms with Crippen molar-refractivity contribution in [3.63, 3.8) is 0 Å². The summed E-state index contributed by atoms with van der Waals surface area (Å²) in [7, 11) is 0. The number of nitrogens with one attached hydrogen (secondary N) is 2. The van der Waals surface area contributed by atoms with Crippen molar-refractivity contribution in [3.8, 4) is 5.75 Å². The lowest BCUT2D eigenvalue weighted by molar-refractivity contribution is -0.111. The Morgan fingerprint density at radius 1 is 1.19 bits per heavy atom. The molecule has 0 radical (unpaired) electrons. The fourth-order valence-electron chi connectivity index (χ4n) is 3.78. The van der Waals surface area contributed by atoms with Gasteiger partial charge in [0, 0.05) is 17.8 Å². The van der Waals surface area contributed by atoms with E-state index in [1.807, 2.05) is 0 Å². The van der Waals surface area contributed by atoms with Crippen molar-refractivity contribution >= 4 is 17.7 Å². The number of benzene rings is 1. The van der Waals surface area contributed by atoms with Crippen LogP contribution in [-0.2, 0) is 4.79 Å². The maximum absolute atomic E-state index is 12.4. The minimum atomic E-state index is -0.425. The molecule has 0 aromatic heterocycles. The molecule has 0 saturated heterocycles. The van der Waals surface area contributed by atoms with Crippen LogP contribution in [0, 0.1) is 11.8 Å². The lowest BCUT2D eigenvalue weighted by Gasteiger charge is -2.37. The van der Waals surface area contributed by atoms with Gasteiger partial charge in [0.25, 0.3) is 0 Å². The van der Waals surface area contributed by atoms with Gasteiger partial charge in [0.1, 0.15) is 5.75 Å². The van der Waals surface area contributed by atoms with E-state index in [0.717, 1.165) is 25.7 Å². The molecular weight excluding hydrogens is 328 g/mol. The zero-order valence-electron chi connectivity index (χ0n) is 16.0. The van der Waals surface area contributed by atoms with Crippen LogP contribution in [0.4, 0.5) is 10.5 Å². The zero-order chi connectivity index (χ0) is 18.9. The number of rotatable bonds is 6. The van der Waals surface area contributed by atoms with Crippen LogP contribution >= 0.6 is 0 Å². The van der Waals surface area contributed by atoms with E-state index in [9.17, 15) is 9.59 Å². The van der Waals surface area contributed by atoms with Crippen LogP contribution in [0.25, 0.3) is 0 Å². The zero-order valence-corrected chi connectivity index (χ0v) is 16.0. The van der Waals surface area contributed by atoms with Crippen molar-refractivity contribution in [2.24, 2.45) is 11.8 Å². The Morgan fingerprint density at radius 2 is 1.88 bits per heavy atom. The van der Waals surface area contributed by atoms with Gasteiger partial charge in [-0.15, -0.1) is 0 Å². The summed E-state index contributed by atoms with van der Waals surface area (Å²) in [6.45, 7) is 6.14. The number of carbonyl (C=O) groups is 2. The first-order valence-corrected chi connectivity index (χ1v) is 9.59. The number of carbonyl (C=O) groups excluding carboxylic acids is 2. The molecule has 26 heavy (non-hydrogen) atoms. The third-order valence-corrected chi connectivity index (χ3v) is 5.13. The quantitative estimate of drug-likeness (QED) is 0.711. The van der Waals surface area contributed by atoms with E-state index in [0.29, 0.717) is 23.3 Å². The molecule has 1 fully saturated rings. The van der Waals surface area contributed by atoms with E-state index < -0.39 is 6.09 Å². The van der Waals surface area contributed by atoms with Gasteiger partial charge < -0.3 is 15.4 Å². The summed E-state index contributed by atoms with van der Waals surface area (Å²) in [6, 6.07) is 7.03. The van der Waals surface area contributed by atoms with Gasteiger partial charge >= 0.3 is 6.09 Å². The highest BCUT2D eigenvalue weighted by atomic mass is 16.6. The fourth-order valence-corrected chi connectivity index (χ4v) is 3.78. The molecule has 1 saturated carbocycles. The van der Waals surface area contributed by atoms with E-state index >= 15 is 0 Å². The van der Waals surface area contributed by atoms with Gasteiger partial charge in [0.2, 0.25) is 5.91 Å². The molecule has 1 aliphatic carbocycles. The van der Waals surface area contributed by atoms with Crippen molar-refractivity contribution in [2.75, 3.05) is 5.32 Å². The first kappa shape index (κ1) is 20.0. The molecule has 5 nitrogen and oxygen atoms in total. The second-order valence-electron chi connectivity index (χ2n) is 6.84.